The third kappa shape index (κ3) is 3.54. The highest BCUT2D eigenvalue weighted by molar-refractivity contribution is 6.74. The highest BCUT2D eigenvalue weighted by Gasteiger charge is 2.39. The zero-order valence-corrected chi connectivity index (χ0v) is 18.6. The van der Waals surface area contributed by atoms with E-state index in [4.69, 9.17) is 13.9 Å². The molecule has 154 valence electrons. The summed E-state index contributed by atoms with van der Waals surface area (Å²) in [4.78, 5) is 12.0. The standard InChI is InChI=1S/C23H27FO4Si/c1-23(2,3)29(4,5)28-16-9-15-11-20(25)27-13-18(15)21-17(12-16)22-14(10-19(21)24)7-6-8-26-22/h7,9-10,12H,6,8,11,13H2,1-5H3. The van der Waals surface area contributed by atoms with Crippen LogP contribution in [0.5, 0.6) is 5.75 Å². The lowest BCUT2D eigenvalue weighted by molar-refractivity contribution is -0.142. The summed E-state index contributed by atoms with van der Waals surface area (Å²) in [6.45, 7) is 11.5. The molecule has 0 amide bonds. The second kappa shape index (κ2) is 6.87. The first-order valence-corrected chi connectivity index (χ1v) is 12.9. The normalized spacial score (nSPS) is 18.7. The molecule has 0 spiro atoms. The summed E-state index contributed by atoms with van der Waals surface area (Å²) in [5.74, 6) is 0.685. The molecule has 0 aromatic heterocycles. The fourth-order valence-electron chi connectivity index (χ4n) is 3.60. The number of allylic oxidation sites excluding steroid dienone is 1. The van der Waals surface area contributed by atoms with Crippen molar-refractivity contribution in [3.63, 3.8) is 0 Å². The minimum atomic E-state index is -2.14. The van der Waals surface area contributed by atoms with Gasteiger partial charge in [-0.1, -0.05) is 26.8 Å². The van der Waals surface area contributed by atoms with Gasteiger partial charge in [0.25, 0.3) is 0 Å². The molecule has 0 bridgehead atoms. The lowest BCUT2D eigenvalue weighted by atomic mass is 9.96. The summed E-state index contributed by atoms with van der Waals surface area (Å²) in [5.41, 5.74) is 2.12. The number of fused-ring (bicyclic) bond motifs is 4. The molecule has 1 aromatic carbocycles. The molecular formula is C23H27FO4Si. The van der Waals surface area contributed by atoms with Crippen molar-refractivity contribution in [3.8, 4) is 5.75 Å². The van der Waals surface area contributed by atoms with E-state index in [1.165, 1.54) is 6.07 Å². The lowest BCUT2D eigenvalue weighted by Gasteiger charge is -2.37. The number of benzene rings is 1. The molecule has 2 heterocycles. The third-order valence-electron chi connectivity index (χ3n) is 6.21. The number of esters is 1. The van der Waals surface area contributed by atoms with Crippen LogP contribution in [-0.4, -0.2) is 27.5 Å². The molecule has 0 N–H and O–H groups in total. The molecule has 29 heavy (non-hydrogen) atoms. The summed E-state index contributed by atoms with van der Waals surface area (Å²) in [7, 11) is -2.14. The highest BCUT2D eigenvalue weighted by Crippen LogP contribution is 2.39. The van der Waals surface area contributed by atoms with Gasteiger partial charge in [0.15, 0.2) is 0 Å². The Labute approximate surface area is 171 Å². The fourth-order valence-corrected chi connectivity index (χ4v) is 4.61. The van der Waals surface area contributed by atoms with E-state index in [1.807, 2.05) is 18.2 Å². The number of carbonyl (C=O) groups is 1. The molecule has 1 saturated heterocycles. The van der Waals surface area contributed by atoms with Crippen LogP contribution in [0.1, 0.15) is 39.2 Å². The zero-order chi connectivity index (χ0) is 21.0. The van der Waals surface area contributed by atoms with E-state index in [-0.39, 0.29) is 29.9 Å². The molecule has 2 aliphatic heterocycles. The van der Waals surface area contributed by atoms with Gasteiger partial charge in [-0.25, -0.2) is 4.39 Å². The number of ether oxygens (including phenoxy) is 2. The second-order valence-corrected chi connectivity index (χ2v) is 14.0. The van der Waals surface area contributed by atoms with E-state index in [1.54, 1.807) is 0 Å². The van der Waals surface area contributed by atoms with Crippen molar-refractivity contribution in [1.82, 2.24) is 0 Å². The summed E-state index contributed by atoms with van der Waals surface area (Å²) in [5, 5.41) is 1.21. The van der Waals surface area contributed by atoms with E-state index in [0.717, 1.165) is 17.2 Å². The number of rotatable bonds is 2. The van der Waals surface area contributed by atoms with E-state index in [0.29, 0.717) is 34.5 Å². The van der Waals surface area contributed by atoms with Crippen molar-refractivity contribution in [2.24, 2.45) is 0 Å². The van der Waals surface area contributed by atoms with Crippen LogP contribution >= 0.6 is 0 Å². The summed E-state index contributed by atoms with van der Waals surface area (Å²) >= 11 is 0. The molecule has 4 nitrogen and oxygen atoms in total. The summed E-state index contributed by atoms with van der Waals surface area (Å²) in [6, 6.07) is 1.52. The maximum Gasteiger partial charge on any atom is 0.310 e. The van der Waals surface area contributed by atoms with Gasteiger partial charge in [0.1, 0.15) is 23.9 Å². The molecule has 0 atom stereocenters. The van der Waals surface area contributed by atoms with Crippen molar-refractivity contribution in [2.75, 3.05) is 13.2 Å². The Hall–Kier alpha value is -2.34. The van der Waals surface area contributed by atoms with Crippen LogP contribution in [0.15, 0.2) is 23.5 Å². The maximum atomic E-state index is 15.2. The van der Waals surface area contributed by atoms with Gasteiger partial charge in [-0.3, -0.25) is 4.79 Å². The van der Waals surface area contributed by atoms with Gasteiger partial charge in [0, 0.05) is 28.0 Å². The minimum absolute atomic E-state index is 0.00512. The van der Waals surface area contributed by atoms with Crippen molar-refractivity contribution in [1.29, 1.82) is 0 Å². The van der Waals surface area contributed by atoms with Crippen molar-refractivity contribution >= 4 is 32.0 Å². The maximum absolute atomic E-state index is 15.2. The second-order valence-electron chi connectivity index (χ2n) is 9.30. The van der Waals surface area contributed by atoms with Crippen molar-refractivity contribution < 1.29 is 23.1 Å². The zero-order valence-electron chi connectivity index (χ0n) is 17.6. The number of cyclic esters (lactones) is 1. The highest BCUT2D eigenvalue weighted by atomic mass is 28.4. The Kier molecular flexibility index (Phi) is 4.72. The first-order chi connectivity index (χ1) is 13.6. The molecule has 6 heteroatoms. The SMILES string of the molecule is CC(C)(C)[Si](C)(C)OC1=Cc2c3c(cc(F)c2=C2COC(=O)CC2=C1)=CCCO3. The van der Waals surface area contributed by atoms with Gasteiger partial charge >= 0.3 is 5.97 Å². The Morgan fingerprint density at radius 1 is 1.17 bits per heavy atom. The number of hydrogen-bond donors (Lipinski definition) is 0. The average molecular weight is 415 g/mol. The molecular weight excluding hydrogens is 387 g/mol. The van der Waals surface area contributed by atoms with Crippen LogP contribution in [0, 0.1) is 5.82 Å². The van der Waals surface area contributed by atoms with Gasteiger partial charge < -0.3 is 13.9 Å². The number of hydrogen-bond acceptors (Lipinski definition) is 4. The predicted molar refractivity (Wildman–Crippen MR) is 114 cm³/mol. The molecule has 1 aromatic rings. The van der Waals surface area contributed by atoms with E-state index in [9.17, 15) is 4.79 Å². The molecule has 3 aliphatic rings. The van der Waals surface area contributed by atoms with Crippen LogP contribution in [0.3, 0.4) is 0 Å². The van der Waals surface area contributed by atoms with Gasteiger partial charge in [-0.2, -0.15) is 0 Å². The van der Waals surface area contributed by atoms with Gasteiger partial charge in [-0.05, 0) is 41.9 Å². The first-order valence-electron chi connectivity index (χ1n) is 10.0. The van der Waals surface area contributed by atoms with E-state index >= 15 is 4.39 Å². The minimum Gasteiger partial charge on any atom is -0.543 e. The Morgan fingerprint density at radius 2 is 1.93 bits per heavy atom. The molecule has 1 aliphatic carbocycles. The summed E-state index contributed by atoms with van der Waals surface area (Å²) in [6.07, 6.45) is 6.61. The number of halogens is 1. The fraction of sp³-hybridized carbons (Fsp3) is 0.435. The molecule has 1 fully saturated rings. The van der Waals surface area contributed by atoms with Crippen LogP contribution in [0.25, 0.3) is 17.7 Å². The van der Waals surface area contributed by atoms with Gasteiger partial charge in [0.05, 0.1) is 13.0 Å². The molecule has 4 rings (SSSR count). The van der Waals surface area contributed by atoms with Crippen molar-refractivity contribution in [3.05, 3.63) is 45.3 Å². The Bertz CT molecular complexity index is 1070. The monoisotopic (exact) mass is 414 g/mol. The topological polar surface area (TPSA) is 44.8 Å². The molecule has 0 radical (unpaired) electrons. The Balaban J connectivity index is 1.98. The van der Waals surface area contributed by atoms with Crippen LogP contribution in [0.2, 0.25) is 18.1 Å². The van der Waals surface area contributed by atoms with Gasteiger partial charge in [-0.15, -0.1) is 0 Å². The first kappa shape index (κ1) is 20.0. The van der Waals surface area contributed by atoms with Crippen LogP contribution in [-0.2, 0) is 14.0 Å². The van der Waals surface area contributed by atoms with E-state index < -0.39 is 8.32 Å². The predicted octanol–water partition coefficient (Wildman–Crippen LogP) is 3.79. The average Bonchev–Trinajstić information content (AvgIpc) is 2.76. The third-order valence-corrected chi connectivity index (χ3v) is 10.6. The van der Waals surface area contributed by atoms with Gasteiger partial charge in [0.2, 0.25) is 8.32 Å². The molecule has 0 saturated carbocycles. The van der Waals surface area contributed by atoms with Crippen LogP contribution < -0.4 is 15.2 Å². The van der Waals surface area contributed by atoms with Crippen LogP contribution in [0.4, 0.5) is 4.39 Å². The smallest absolute Gasteiger partial charge is 0.310 e. The van der Waals surface area contributed by atoms with Crippen molar-refractivity contribution in [2.45, 2.75) is 51.7 Å². The lowest BCUT2D eigenvalue weighted by Crippen LogP contribution is -2.40. The largest absolute Gasteiger partial charge is 0.543 e. The Morgan fingerprint density at radius 3 is 2.66 bits per heavy atom. The number of carbonyl (C=O) groups excluding carboxylic acids is 1. The summed E-state index contributed by atoms with van der Waals surface area (Å²) < 4.78 is 33.0. The molecule has 0 unspecified atom stereocenters. The van der Waals surface area contributed by atoms with E-state index in [2.05, 4.69) is 33.9 Å². The quantitative estimate of drug-likeness (QED) is 0.546.